The molecule has 1 aliphatic heterocycles. The van der Waals surface area contributed by atoms with Crippen molar-refractivity contribution in [1.82, 2.24) is 14.7 Å². The van der Waals surface area contributed by atoms with Gasteiger partial charge in [-0.3, -0.25) is 19.4 Å². The lowest BCUT2D eigenvalue weighted by Crippen LogP contribution is -2.57. The Hall–Kier alpha value is -1.96. The third-order valence-electron chi connectivity index (χ3n) is 6.66. The normalized spacial score (nSPS) is 23.2. The van der Waals surface area contributed by atoms with E-state index in [9.17, 15) is 9.59 Å². The Labute approximate surface area is 180 Å². The molecule has 0 bridgehead atoms. The van der Waals surface area contributed by atoms with Crippen LogP contribution in [-0.4, -0.2) is 78.4 Å². The van der Waals surface area contributed by atoms with Gasteiger partial charge in [-0.2, -0.15) is 0 Å². The molecule has 2 amide bonds. The number of aryl methyl sites for hydroxylation is 1. The Morgan fingerprint density at radius 1 is 1.27 bits per heavy atom. The molecular formula is C23H37N5O2. The number of primary amides is 1. The minimum Gasteiger partial charge on any atom is -0.366 e. The second-order valence-electron chi connectivity index (χ2n) is 8.76. The third-order valence-corrected chi connectivity index (χ3v) is 6.66. The highest BCUT2D eigenvalue weighted by molar-refractivity contribution is 5.93. The predicted molar refractivity (Wildman–Crippen MR) is 119 cm³/mol. The summed E-state index contributed by atoms with van der Waals surface area (Å²) in [5.41, 5.74) is 14.9. The van der Waals surface area contributed by atoms with E-state index in [0.717, 1.165) is 51.9 Å². The molecule has 0 radical (unpaired) electrons. The van der Waals surface area contributed by atoms with Gasteiger partial charge in [0, 0.05) is 57.4 Å². The molecule has 7 nitrogen and oxygen atoms in total. The Morgan fingerprint density at radius 2 is 2.03 bits per heavy atom. The van der Waals surface area contributed by atoms with Gasteiger partial charge in [0.2, 0.25) is 11.8 Å². The van der Waals surface area contributed by atoms with Gasteiger partial charge in [0.05, 0.1) is 6.04 Å². The Morgan fingerprint density at radius 3 is 2.70 bits per heavy atom. The maximum absolute atomic E-state index is 12.5. The van der Waals surface area contributed by atoms with Crippen LogP contribution < -0.4 is 11.5 Å². The molecule has 7 heteroatoms. The second kappa shape index (κ2) is 9.90. The molecule has 1 aliphatic carbocycles. The topological polar surface area (TPSA) is 95.9 Å². The minimum absolute atomic E-state index is 0.0299. The van der Waals surface area contributed by atoms with Crippen molar-refractivity contribution in [2.24, 2.45) is 11.5 Å². The summed E-state index contributed by atoms with van der Waals surface area (Å²) in [6, 6.07) is 6.26. The molecule has 2 aliphatic rings. The summed E-state index contributed by atoms with van der Waals surface area (Å²) in [6.07, 6.45) is 4.06. The van der Waals surface area contributed by atoms with E-state index in [-0.39, 0.29) is 11.8 Å². The largest absolute Gasteiger partial charge is 0.366 e. The Bertz CT molecular complexity index is 768. The van der Waals surface area contributed by atoms with Crippen LogP contribution >= 0.6 is 0 Å². The number of nitrogens with zero attached hydrogens (tertiary/aromatic N) is 3. The second-order valence-corrected chi connectivity index (χ2v) is 8.76. The number of nitrogens with two attached hydrogens (primary N) is 2. The van der Waals surface area contributed by atoms with Crippen molar-refractivity contribution < 1.29 is 9.59 Å². The monoisotopic (exact) mass is 415 g/mol. The minimum atomic E-state index is -0.468. The number of rotatable bonds is 8. The number of amides is 2. The number of benzene rings is 1. The number of hydrogen-bond acceptors (Lipinski definition) is 5. The Balaban J connectivity index is 1.63. The molecule has 3 rings (SSSR count). The van der Waals surface area contributed by atoms with Crippen LogP contribution in [0.3, 0.4) is 0 Å². The maximum atomic E-state index is 12.5. The lowest BCUT2D eigenvalue weighted by atomic mass is 9.99. The molecule has 0 aromatic heterocycles. The predicted octanol–water partition coefficient (Wildman–Crippen LogP) is 1.36. The number of carbonyl (C=O) groups excluding carboxylic acids is 2. The van der Waals surface area contributed by atoms with E-state index in [1.165, 1.54) is 11.1 Å². The fraction of sp³-hybridized carbons (Fsp3) is 0.652. The van der Waals surface area contributed by atoms with Crippen LogP contribution in [0.25, 0.3) is 0 Å². The van der Waals surface area contributed by atoms with Gasteiger partial charge in [-0.15, -0.1) is 0 Å². The van der Waals surface area contributed by atoms with Crippen molar-refractivity contribution in [2.45, 2.75) is 57.7 Å². The van der Waals surface area contributed by atoms with E-state index in [1.807, 2.05) is 19.2 Å². The van der Waals surface area contributed by atoms with Crippen molar-refractivity contribution in [2.75, 3.05) is 39.8 Å². The van der Waals surface area contributed by atoms with Gasteiger partial charge in [0.1, 0.15) is 0 Å². The summed E-state index contributed by atoms with van der Waals surface area (Å²) in [7, 11) is 1.83. The van der Waals surface area contributed by atoms with Crippen LogP contribution in [0.4, 0.5) is 0 Å². The molecular weight excluding hydrogens is 378 g/mol. The molecule has 1 unspecified atom stereocenters. The number of piperazine rings is 1. The van der Waals surface area contributed by atoms with Gasteiger partial charge < -0.3 is 16.4 Å². The molecule has 1 aromatic carbocycles. The first-order chi connectivity index (χ1) is 14.3. The average Bonchev–Trinajstić information content (AvgIpc) is 3.16. The molecule has 4 N–H and O–H groups in total. The summed E-state index contributed by atoms with van der Waals surface area (Å²) >= 11 is 0. The molecule has 0 saturated carbocycles. The summed E-state index contributed by atoms with van der Waals surface area (Å²) in [6.45, 7) is 8.46. The van der Waals surface area contributed by atoms with E-state index < -0.39 is 6.04 Å². The first kappa shape index (κ1) is 22.7. The van der Waals surface area contributed by atoms with Crippen molar-refractivity contribution in [3.8, 4) is 0 Å². The summed E-state index contributed by atoms with van der Waals surface area (Å²) in [4.78, 5) is 30.7. The van der Waals surface area contributed by atoms with Crippen LogP contribution in [0.1, 0.15) is 60.6 Å². The summed E-state index contributed by atoms with van der Waals surface area (Å²) < 4.78 is 0. The lowest BCUT2D eigenvalue weighted by molar-refractivity contribution is -0.132. The molecule has 1 saturated heterocycles. The van der Waals surface area contributed by atoms with Gasteiger partial charge in [-0.25, -0.2) is 0 Å². The number of carbonyl (C=O) groups is 2. The third kappa shape index (κ3) is 4.85. The first-order valence-electron chi connectivity index (χ1n) is 11.3. The van der Waals surface area contributed by atoms with Crippen LogP contribution in [0.2, 0.25) is 0 Å². The van der Waals surface area contributed by atoms with E-state index >= 15 is 0 Å². The van der Waals surface area contributed by atoms with Crippen LogP contribution in [0, 0.1) is 0 Å². The smallest absolute Gasteiger partial charge is 0.248 e. The van der Waals surface area contributed by atoms with Crippen molar-refractivity contribution in [1.29, 1.82) is 0 Å². The molecule has 3 atom stereocenters. The van der Waals surface area contributed by atoms with Crippen molar-refractivity contribution >= 4 is 11.8 Å². The maximum Gasteiger partial charge on any atom is 0.248 e. The number of fused-ring (bicyclic) bond motifs is 1. The van der Waals surface area contributed by atoms with Gasteiger partial charge in [-0.1, -0.05) is 19.9 Å². The van der Waals surface area contributed by atoms with Crippen molar-refractivity contribution in [3.05, 3.63) is 34.9 Å². The van der Waals surface area contributed by atoms with E-state index in [4.69, 9.17) is 11.5 Å². The van der Waals surface area contributed by atoms with Gasteiger partial charge in [0.15, 0.2) is 0 Å². The zero-order chi connectivity index (χ0) is 21.8. The molecule has 30 heavy (non-hydrogen) atoms. The first-order valence-corrected chi connectivity index (χ1v) is 11.3. The van der Waals surface area contributed by atoms with E-state index in [0.29, 0.717) is 24.2 Å². The Kier molecular flexibility index (Phi) is 7.50. The number of hydrogen-bond donors (Lipinski definition) is 2. The number of likely N-dealkylation sites (N-methyl/N-ethyl adjacent to an activating group) is 1. The van der Waals surface area contributed by atoms with Crippen LogP contribution in [-0.2, 0) is 11.2 Å². The summed E-state index contributed by atoms with van der Waals surface area (Å²) in [5.74, 6) is -0.334. The average molecular weight is 416 g/mol. The van der Waals surface area contributed by atoms with Gasteiger partial charge in [0.25, 0.3) is 0 Å². The molecule has 1 fully saturated rings. The lowest BCUT2D eigenvalue weighted by Gasteiger charge is -2.45. The van der Waals surface area contributed by atoms with Gasteiger partial charge in [-0.05, 0) is 48.9 Å². The SMILES string of the molecule is CCCN(C)C(=O)[C@@H](N)CN1CCN([C@@H]2CCc3cc(C(N)=O)ccc32)C(CC)C1. The zero-order valence-electron chi connectivity index (χ0n) is 18.6. The highest BCUT2D eigenvalue weighted by Gasteiger charge is 2.36. The van der Waals surface area contributed by atoms with Gasteiger partial charge >= 0.3 is 0 Å². The molecule has 166 valence electrons. The molecule has 1 aromatic rings. The van der Waals surface area contributed by atoms with Crippen LogP contribution in [0.5, 0.6) is 0 Å². The molecule has 1 heterocycles. The molecule has 0 spiro atoms. The quantitative estimate of drug-likeness (QED) is 0.668. The highest BCUT2D eigenvalue weighted by atomic mass is 16.2. The summed E-state index contributed by atoms with van der Waals surface area (Å²) in [5, 5.41) is 0. The van der Waals surface area contributed by atoms with E-state index in [2.05, 4.69) is 29.7 Å². The standard InChI is InChI=1S/C23H37N5O2/c1-4-10-26(3)23(30)20(24)15-27-11-12-28(18(5-2)14-27)21-9-7-16-13-17(22(25)29)6-8-19(16)21/h6,8,13,18,20-21H,4-5,7,9-12,14-15,24H2,1-3H3,(H2,25,29)/t18?,20-,21+/m0/s1. The highest BCUT2D eigenvalue weighted by Crippen LogP contribution is 2.38. The van der Waals surface area contributed by atoms with Crippen molar-refractivity contribution in [3.63, 3.8) is 0 Å². The zero-order valence-corrected chi connectivity index (χ0v) is 18.6. The fourth-order valence-corrected chi connectivity index (χ4v) is 5.05. The van der Waals surface area contributed by atoms with E-state index in [1.54, 1.807) is 4.90 Å². The van der Waals surface area contributed by atoms with Crippen LogP contribution in [0.15, 0.2) is 18.2 Å². The fourth-order valence-electron chi connectivity index (χ4n) is 5.05.